The lowest BCUT2D eigenvalue weighted by Crippen LogP contribution is -2.02. The van der Waals surface area contributed by atoms with Gasteiger partial charge in [-0.05, 0) is 18.2 Å². The molecule has 0 fully saturated rings. The molecule has 3 nitrogen and oxygen atoms in total. The van der Waals surface area contributed by atoms with Crippen molar-refractivity contribution in [3.05, 3.63) is 52.4 Å². The molecule has 8 heteroatoms. The number of halogens is 4. The fourth-order valence-electron chi connectivity index (χ4n) is 2.46. The third-order valence-electron chi connectivity index (χ3n) is 3.43. The van der Waals surface area contributed by atoms with Crippen molar-refractivity contribution in [3.63, 3.8) is 0 Å². The Bertz CT molecular complexity index is 981. The Morgan fingerprint density at radius 3 is 2.42 bits per heavy atom. The maximum absolute atomic E-state index is 14.5. The minimum atomic E-state index is -1.44. The standard InChI is InChI=1S/C16H8F4O3S/c1-23-14-9(19)5-8(18)12(13(14)20)11-7-3-2-6(17)4-10(7)24-15(11)16(21)22/h2-5H,1H3,(H,21,22). The van der Waals surface area contributed by atoms with Crippen LogP contribution >= 0.6 is 11.3 Å². The second-order valence-electron chi connectivity index (χ2n) is 4.81. The summed E-state index contributed by atoms with van der Waals surface area (Å²) in [6.45, 7) is 0. The van der Waals surface area contributed by atoms with E-state index in [0.29, 0.717) is 17.4 Å². The Morgan fingerprint density at radius 1 is 1.08 bits per heavy atom. The maximum Gasteiger partial charge on any atom is 0.346 e. The number of fused-ring (bicyclic) bond motifs is 1. The molecule has 3 rings (SSSR count). The molecular formula is C16H8F4O3S. The number of methoxy groups -OCH3 is 1. The maximum atomic E-state index is 14.5. The van der Waals surface area contributed by atoms with Crippen LogP contribution in [0.5, 0.6) is 5.75 Å². The molecule has 3 aromatic rings. The van der Waals surface area contributed by atoms with E-state index in [1.165, 1.54) is 6.07 Å². The van der Waals surface area contributed by atoms with Crippen LogP contribution in [0.1, 0.15) is 9.67 Å². The van der Waals surface area contributed by atoms with Crippen LogP contribution in [0.3, 0.4) is 0 Å². The smallest absolute Gasteiger partial charge is 0.346 e. The highest BCUT2D eigenvalue weighted by Gasteiger charge is 2.28. The molecule has 0 saturated carbocycles. The number of hydrogen-bond donors (Lipinski definition) is 1. The average Bonchev–Trinajstić information content (AvgIpc) is 2.86. The lowest BCUT2D eigenvalue weighted by atomic mass is 10.00. The first-order valence-corrected chi connectivity index (χ1v) is 7.34. The van der Waals surface area contributed by atoms with Crippen LogP contribution in [0.25, 0.3) is 21.2 Å². The molecule has 0 atom stereocenters. The summed E-state index contributed by atoms with van der Waals surface area (Å²) in [5.74, 6) is -6.78. The molecule has 24 heavy (non-hydrogen) atoms. The zero-order valence-corrected chi connectivity index (χ0v) is 12.8. The van der Waals surface area contributed by atoms with Gasteiger partial charge in [0.1, 0.15) is 16.5 Å². The SMILES string of the molecule is COc1c(F)cc(F)c(-c2c(C(=O)O)sc3cc(F)ccc23)c1F. The van der Waals surface area contributed by atoms with Crippen molar-refractivity contribution in [3.8, 4) is 16.9 Å². The Hall–Kier alpha value is -2.61. The van der Waals surface area contributed by atoms with E-state index < -0.39 is 40.6 Å². The number of carboxylic acid groups (broad SMARTS) is 1. The first kappa shape index (κ1) is 16.3. The molecule has 1 aromatic heterocycles. The molecule has 0 saturated heterocycles. The van der Waals surface area contributed by atoms with Gasteiger partial charge >= 0.3 is 5.97 Å². The van der Waals surface area contributed by atoms with Gasteiger partial charge in [0.25, 0.3) is 0 Å². The zero-order chi connectivity index (χ0) is 17.6. The van der Waals surface area contributed by atoms with E-state index in [0.717, 1.165) is 19.2 Å². The Kier molecular flexibility index (Phi) is 3.92. The van der Waals surface area contributed by atoms with Gasteiger partial charge in [0.15, 0.2) is 17.4 Å². The second kappa shape index (κ2) is 5.79. The molecule has 0 bridgehead atoms. The average molecular weight is 356 g/mol. The summed E-state index contributed by atoms with van der Waals surface area (Å²) in [5.41, 5.74) is -1.01. The largest absolute Gasteiger partial charge is 0.491 e. The number of aromatic carboxylic acids is 1. The number of carbonyl (C=O) groups is 1. The minimum absolute atomic E-state index is 0.144. The molecular weight excluding hydrogens is 348 g/mol. The highest BCUT2D eigenvalue weighted by atomic mass is 32.1. The highest BCUT2D eigenvalue weighted by molar-refractivity contribution is 7.21. The second-order valence-corrected chi connectivity index (χ2v) is 5.87. The third-order valence-corrected chi connectivity index (χ3v) is 4.57. The van der Waals surface area contributed by atoms with Gasteiger partial charge in [0.05, 0.1) is 12.7 Å². The van der Waals surface area contributed by atoms with Crippen molar-refractivity contribution in [2.45, 2.75) is 0 Å². The molecule has 0 spiro atoms. The van der Waals surface area contributed by atoms with E-state index in [9.17, 15) is 27.5 Å². The van der Waals surface area contributed by atoms with Gasteiger partial charge in [-0.3, -0.25) is 0 Å². The van der Waals surface area contributed by atoms with Crippen molar-refractivity contribution >= 4 is 27.4 Å². The number of rotatable bonds is 3. The van der Waals surface area contributed by atoms with Gasteiger partial charge in [0.2, 0.25) is 0 Å². The van der Waals surface area contributed by atoms with Gasteiger partial charge in [-0.25, -0.2) is 22.4 Å². The van der Waals surface area contributed by atoms with Gasteiger partial charge < -0.3 is 9.84 Å². The van der Waals surface area contributed by atoms with Crippen LogP contribution in [-0.4, -0.2) is 18.2 Å². The fraction of sp³-hybridized carbons (Fsp3) is 0.0625. The summed E-state index contributed by atoms with van der Waals surface area (Å²) in [7, 11) is 1.00. The molecule has 0 aliphatic rings. The van der Waals surface area contributed by atoms with E-state index in [1.807, 2.05) is 0 Å². The monoisotopic (exact) mass is 356 g/mol. The van der Waals surface area contributed by atoms with Gasteiger partial charge in [-0.1, -0.05) is 0 Å². The van der Waals surface area contributed by atoms with E-state index in [4.69, 9.17) is 0 Å². The van der Waals surface area contributed by atoms with Gasteiger partial charge in [-0.15, -0.1) is 11.3 Å². The van der Waals surface area contributed by atoms with Crippen LogP contribution in [0, 0.1) is 23.3 Å². The van der Waals surface area contributed by atoms with Gasteiger partial charge in [-0.2, -0.15) is 0 Å². The molecule has 0 amide bonds. The molecule has 124 valence electrons. The van der Waals surface area contributed by atoms with E-state index >= 15 is 0 Å². The molecule has 0 aliphatic heterocycles. The molecule has 1 heterocycles. The van der Waals surface area contributed by atoms with Crippen molar-refractivity contribution in [1.29, 1.82) is 0 Å². The summed E-state index contributed by atoms with van der Waals surface area (Å²) in [6.07, 6.45) is 0. The van der Waals surface area contributed by atoms with E-state index in [-0.39, 0.29) is 20.5 Å². The Morgan fingerprint density at radius 2 is 1.79 bits per heavy atom. The minimum Gasteiger partial charge on any atom is -0.491 e. The third kappa shape index (κ3) is 2.39. The number of thiophene rings is 1. The van der Waals surface area contributed by atoms with Crippen LogP contribution < -0.4 is 4.74 Å². The predicted molar refractivity (Wildman–Crippen MR) is 80.6 cm³/mol. The first-order chi connectivity index (χ1) is 11.3. The van der Waals surface area contributed by atoms with Crippen molar-refractivity contribution in [2.24, 2.45) is 0 Å². The fourth-order valence-corrected chi connectivity index (χ4v) is 3.53. The predicted octanol–water partition coefficient (Wildman–Crippen LogP) is 4.83. The normalized spacial score (nSPS) is 11.0. The first-order valence-electron chi connectivity index (χ1n) is 6.52. The molecule has 0 radical (unpaired) electrons. The van der Waals surface area contributed by atoms with Crippen LogP contribution in [-0.2, 0) is 0 Å². The molecule has 0 unspecified atom stereocenters. The summed E-state index contributed by atoms with van der Waals surface area (Å²) >= 11 is 0.669. The highest BCUT2D eigenvalue weighted by Crippen LogP contribution is 2.43. The summed E-state index contributed by atoms with van der Waals surface area (Å²) < 4.78 is 60.5. The Balaban J connectivity index is 2.46. The summed E-state index contributed by atoms with van der Waals surface area (Å²) in [4.78, 5) is 11.1. The topological polar surface area (TPSA) is 46.5 Å². The number of hydrogen-bond acceptors (Lipinski definition) is 3. The molecule has 1 N–H and O–H groups in total. The number of benzene rings is 2. The number of carboxylic acids is 1. The summed E-state index contributed by atoms with van der Waals surface area (Å²) in [6, 6.07) is 3.74. The molecule has 0 aliphatic carbocycles. The zero-order valence-electron chi connectivity index (χ0n) is 12.0. The molecule has 2 aromatic carbocycles. The quantitative estimate of drug-likeness (QED) is 0.684. The van der Waals surface area contributed by atoms with Crippen molar-refractivity contribution < 1.29 is 32.2 Å². The van der Waals surface area contributed by atoms with Gasteiger partial charge in [0, 0.05) is 21.7 Å². The van der Waals surface area contributed by atoms with E-state index in [1.54, 1.807) is 0 Å². The lowest BCUT2D eigenvalue weighted by molar-refractivity contribution is 0.0703. The number of ether oxygens (including phenoxy) is 1. The van der Waals surface area contributed by atoms with E-state index in [2.05, 4.69) is 4.74 Å². The lowest BCUT2D eigenvalue weighted by Gasteiger charge is -2.10. The van der Waals surface area contributed by atoms with Crippen LogP contribution in [0.15, 0.2) is 24.3 Å². The van der Waals surface area contributed by atoms with Crippen LogP contribution in [0.4, 0.5) is 17.6 Å². The Labute approximate surface area is 136 Å². The van der Waals surface area contributed by atoms with Crippen molar-refractivity contribution in [1.82, 2.24) is 0 Å². The summed E-state index contributed by atoms with van der Waals surface area (Å²) in [5, 5.41) is 9.47. The van der Waals surface area contributed by atoms with Crippen molar-refractivity contribution in [2.75, 3.05) is 7.11 Å². The van der Waals surface area contributed by atoms with Crippen LogP contribution in [0.2, 0.25) is 0 Å².